The van der Waals surface area contributed by atoms with Crippen LogP contribution in [0.3, 0.4) is 0 Å². The number of rotatable bonds is 4. The van der Waals surface area contributed by atoms with Gasteiger partial charge in [0.05, 0.1) is 12.2 Å². The monoisotopic (exact) mass is 249 g/mol. The molecule has 4 heteroatoms. The van der Waals surface area contributed by atoms with Gasteiger partial charge in [0.1, 0.15) is 0 Å². The smallest absolute Gasteiger partial charge is 0.338 e. The van der Waals surface area contributed by atoms with Crippen molar-refractivity contribution in [2.45, 2.75) is 25.8 Å². The molecule has 1 aromatic carbocycles. The number of esters is 1. The van der Waals surface area contributed by atoms with Crippen LogP contribution in [0.1, 0.15) is 30.1 Å². The lowest BCUT2D eigenvalue weighted by Crippen LogP contribution is -2.27. The highest BCUT2D eigenvalue weighted by molar-refractivity contribution is 5.89. The van der Waals surface area contributed by atoms with E-state index in [0.29, 0.717) is 18.2 Å². The molecule has 1 aliphatic heterocycles. The molecule has 0 amide bonds. The molecular formula is C14H19NO3. The highest BCUT2D eigenvalue weighted by Gasteiger charge is 2.13. The number of hydrogen-bond acceptors (Lipinski definition) is 4. The van der Waals surface area contributed by atoms with Crippen LogP contribution in [0.25, 0.3) is 0 Å². The lowest BCUT2D eigenvalue weighted by molar-refractivity contribution is 0.0526. The summed E-state index contributed by atoms with van der Waals surface area (Å²) in [6.45, 7) is 3.84. The number of anilines is 1. The Labute approximate surface area is 107 Å². The van der Waals surface area contributed by atoms with Crippen molar-refractivity contribution in [3.63, 3.8) is 0 Å². The van der Waals surface area contributed by atoms with Crippen LogP contribution < -0.4 is 5.32 Å². The number of benzene rings is 1. The van der Waals surface area contributed by atoms with Gasteiger partial charge in [0.2, 0.25) is 0 Å². The van der Waals surface area contributed by atoms with Crippen molar-refractivity contribution in [3.05, 3.63) is 29.8 Å². The Morgan fingerprint density at radius 1 is 1.33 bits per heavy atom. The first-order valence-corrected chi connectivity index (χ1v) is 6.41. The zero-order valence-electron chi connectivity index (χ0n) is 10.6. The van der Waals surface area contributed by atoms with E-state index in [0.717, 1.165) is 31.7 Å². The number of ether oxygens (including phenoxy) is 2. The normalized spacial score (nSPS) is 16.3. The summed E-state index contributed by atoms with van der Waals surface area (Å²) in [6, 6.07) is 7.88. The van der Waals surface area contributed by atoms with Crippen molar-refractivity contribution in [2.24, 2.45) is 0 Å². The van der Waals surface area contributed by atoms with Crippen LogP contribution in [0.5, 0.6) is 0 Å². The summed E-state index contributed by atoms with van der Waals surface area (Å²) in [7, 11) is 0. The second-order valence-corrected chi connectivity index (χ2v) is 4.33. The zero-order chi connectivity index (χ0) is 12.8. The SMILES string of the molecule is CCOC(=O)c1ccc(NC2CCOCC2)cc1. The molecule has 0 bridgehead atoms. The molecular weight excluding hydrogens is 230 g/mol. The topological polar surface area (TPSA) is 47.6 Å². The third-order valence-electron chi connectivity index (χ3n) is 2.99. The van der Waals surface area contributed by atoms with Crippen LogP contribution in [-0.4, -0.2) is 31.8 Å². The third kappa shape index (κ3) is 3.47. The maximum Gasteiger partial charge on any atom is 0.338 e. The summed E-state index contributed by atoms with van der Waals surface area (Å²) < 4.78 is 10.3. The van der Waals surface area contributed by atoms with E-state index in [-0.39, 0.29) is 5.97 Å². The molecule has 1 heterocycles. The average Bonchev–Trinajstić information content (AvgIpc) is 2.41. The number of carbonyl (C=O) groups is 1. The minimum atomic E-state index is -0.268. The molecule has 0 saturated carbocycles. The predicted octanol–water partition coefficient (Wildman–Crippen LogP) is 2.45. The van der Waals surface area contributed by atoms with Gasteiger partial charge in [-0.1, -0.05) is 0 Å². The van der Waals surface area contributed by atoms with Gasteiger partial charge in [0.25, 0.3) is 0 Å². The maximum atomic E-state index is 11.5. The molecule has 0 radical (unpaired) electrons. The third-order valence-corrected chi connectivity index (χ3v) is 2.99. The summed E-state index contributed by atoms with van der Waals surface area (Å²) in [5, 5.41) is 3.45. The van der Waals surface area contributed by atoms with E-state index < -0.39 is 0 Å². The van der Waals surface area contributed by atoms with Crippen LogP contribution in [0, 0.1) is 0 Å². The molecule has 2 rings (SSSR count). The van der Waals surface area contributed by atoms with Gasteiger partial charge in [-0.15, -0.1) is 0 Å². The first-order valence-electron chi connectivity index (χ1n) is 6.41. The van der Waals surface area contributed by atoms with E-state index in [1.54, 1.807) is 19.1 Å². The summed E-state index contributed by atoms with van der Waals surface area (Å²) >= 11 is 0. The molecule has 0 aliphatic carbocycles. The van der Waals surface area contributed by atoms with Gasteiger partial charge in [0, 0.05) is 24.9 Å². The second-order valence-electron chi connectivity index (χ2n) is 4.33. The van der Waals surface area contributed by atoms with Crippen LogP contribution in [0.4, 0.5) is 5.69 Å². The number of hydrogen-bond donors (Lipinski definition) is 1. The van der Waals surface area contributed by atoms with Gasteiger partial charge in [-0.05, 0) is 44.0 Å². The number of carbonyl (C=O) groups excluding carboxylic acids is 1. The van der Waals surface area contributed by atoms with Crippen LogP contribution in [0.2, 0.25) is 0 Å². The van der Waals surface area contributed by atoms with E-state index >= 15 is 0 Å². The Bertz CT molecular complexity index is 383. The largest absolute Gasteiger partial charge is 0.462 e. The van der Waals surface area contributed by atoms with Gasteiger partial charge in [0.15, 0.2) is 0 Å². The van der Waals surface area contributed by atoms with Crippen LogP contribution >= 0.6 is 0 Å². The Morgan fingerprint density at radius 3 is 2.61 bits per heavy atom. The van der Waals surface area contributed by atoms with Crippen molar-refractivity contribution in [3.8, 4) is 0 Å². The van der Waals surface area contributed by atoms with Crippen molar-refractivity contribution in [2.75, 3.05) is 25.1 Å². The average molecular weight is 249 g/mol. The lowest BCUT2D eigenvalue weighted by Gasteiger charge is -2.24. The van der Waals surface area contributed by atoms with Gasteiger partial charge < -0.3 is 14.8 Å². The van der Waals surface area contributed by atoms with Crippen molar-refractivity contribution >= 4 is 11.7 Å². The van der Waals surface area contributed by atoms with Crippen LogP contribution in [-0.2, 0) is 9.47 Å². The minimum absolute atomic E-state index is 0.268. The highest BCUT2D eigenvalue weighted by Crippen LogP contribution is 2.16. The lowest BCUT2D eigenvalue weighted by atomic mass is 10.1. The highest BCUT2D eigenvalue weighted by atomic mass is 16.5. The van der Waals surface area contributed by atoms with E-state index in [9.17, 15) is 4.79 Å². The summed E-state index contributed by atoms with van der Waals surface area (Å²) in [4.78, 5) is 11.5. The molecule has 0 unspecified atom stereocenters. The fraction of sp³-hybridized carbons (Fsp3) is 0.500. The molecule has 1 fully saturated rings. The summed E-state index contributed by atoms with van der Waals surface area (Å²) in [5.41, 5.74) is 1.63. The second kappa shape index (κ2) is 6.40. The Morgan fingerprint density at radius 2 is 2.00 bits per heavy atom. The van der Waals surface area contributed by atoms with E-state index in [1.807, 2.05) is 12.1 Å². The molecule has 98 valence electrons. The first-order chi connectivity index (χ1) is 8.79. The van der Waals surface area contributed by atoms with Gasteiger partial charge >= 0.3 is 5.97 Å². The van der Waals surface area contributed by atoms with Gasteiger partial charge in [-0.2, -0.15) is 0 Å². The molecule has 1 aromatic rings. The number of nitrogens with one attached hydrogen (secondary N) is 1. The zero-order valence-corrected chi connectivity index (χ0v) is 10.6. The minimum Gasteiger partial charge on any atom is -0.462 e. The van der Waals surface area contributed by atoms with Gasteiger partial charge in [-0.25, -0.2) is 4.79 Å². The molecule has 4 nitrogen and oxygen atoms in total. The molecule has 1 N–H and O–H groups in total. The van der Waals surface area contributed by atoms with Gasteiger partial charge in [-0.3, -0.25) is 0 Å². The Hall–Kier alpha value is -1.55. The standard InChI is InChI=1S/C14H19NO3/c1-2-18-14(16)11-3-5-12(6-4-11)15-13-7-9-17-10-8-13/h3-6,13,15H,2,7-10H2,1H3. The van der Waals surface area contributed by atoms with Crippen molar-refractivity contribution in [1.29, 1.82) is 0 Å². The Balaban J connectivity index is 1.92. The van der Waals surface area contributed by atoms with E-state index in [1.165, 1.54) is 0 Å². The van der Waals surface area contributed by atoms with Crippen LogP contribution in [0.15, 0.2) is 24.3 Å². The summed E-state index contributed by atoms with van der Waals surface area (Å²) in [6.07, 6.45) is 2.05. The predicted molar refractivity (Wildman–Crippen MR) is 69.9 cm³/mol. The fourth-order valence-corrected chi connectivity index (χ4v) is 1.99. The first kappa shape index (κ1) is 12.9. The summed E-state index contributed by atoms with van der Waals surface area (Å²) in [5.74, 6) is -0.268. The molecule has 0 spiro atoms. The molecule has 1 saturated heterocycles. The molecule has 0 aromatic heterocycles. The molecule has 1 aliphatic rings. The molecule has 18 heavy (non-hydrogen) atoms. The van der Waals surface area contributed by atoms with E-state index in [2.05, 4.69) is 5.32 Å². The quantitative estimate of drug-likeness (QED) is 0.833. The Kier molecular flexibility index (Phi) is 4.59. The van der Waals surface area contributed by atoms with Crippen molar-refractivity contribution < 1.29 is 14.3 Å². The fourth-order valence-electron chi connectivity index (χ4n) is 1.99. The van der Waals surface area contributed by atoms with E-state index in [4.69, 9.17) is 9.47 Å². The molecule has 0 atom stereocenters. The van der Waals surface area contributed by atoms with Crippen molar-refractivity contribution in [1.82, 2.24) is 0 Å². The maximum absolute atomic E-state index is 11.5.